The van der Waals surface area contributed by atoms with Gasteiger partial charge in [0.1, 0.15) is 11.6 Å². The van der Waals surface area contributed by atoms with E-state index in [9.17, 15) is 13.6 Å². The first-order valence-electron chi connectivity index (χ1n) is 6.98. The van der Waals surface area contributed by atoms with E-state index in [1.807, 2.05) is 0 Å². The van der Waals surface area contributed by atoms with Crippen molar-refractivity contribution in [1.29, 1.82) is 0 Å². The maximum Gasteiger partial charge on any atom is 0.255 e. The summed E-state index contributed by atoms with van der Waals surface area (Å²) in [5.41, 5.74) is 7.36. The number of rotatable bonds is 3. The lowest BCUT2D eigenvalue weighted by molar-refractivity contribution is 0.102. The average Bonchev–Trinajstić information content (AvgIpc) is 2.54. The fraction of sp³-hybridized carbons (Fsp3) is 0. The van der Waals surface area contributed by atoms with Gasteiger partial charge in [-0.2, -0.15) is 0 Å². The van der Waals surface area contributed by atoms with Crippen LogP contribution in [0, 0.1) is 11.6 Å². The summed E-state index contributed by atoms with van der Waals surface area (Å²) in [5.74, 6) is -2.06. The van der Waals surface area contributed by atoms with E-state index in [4.69, 9.17) is 5.73 Å². The highest BCUT2D eigenvalue weighted by Crippen LogP contribution is 2.20. The van der Waals surface area contributed by atoms with E-state index in [-0.39, 0.29) is 23.9 Å². The standard InChI is InChI=1S/C17H12F2N4O.ClH/c18-12-7-11(8-13(19)9-12)16(24)22-14-3-1-10(2-4-14)15-5-6-21-17(20)23-15;/h1-9H,(H,22,24)(H2,20,21,23);1H. The number of nitrogens with one attached hydrogen (secondary N) is 1. The second-order valence-electron chi connectivity index (χ2n) is 4.99. The first-order valence-corrected chi connectivity index (χ1v) is 6.98. The van der Waals surface area contributed by atoms with Gasteiger partial charge in [0, 0.05) is 29.1 Å². The predicted octanol–water partition coefficient (Wildman–Crippen LogP) is 3.68. The molecule has 0 saturated carbocycles. The molecule has 5 nitrogen and oxygen atoms in total. The van der Waals surface area contributed by atoms with Gasteiger partial charge in [0.15, 0.2) is 0 Å². The van der Waals surface area contributed by atoms with Crippen molar-refractivity contribution in [1.82, 2.24) is 9.97 Å². The zero-order valence-electron chi connectivity index (χ0n) is 12.7. The third-order valence-electron chi connectivity index (χ3n) is 3.24. The molecular formula is C17H13ClF2N4O. The lowest BCUT2D eigenvalue weighted by Crippen LogP contribution is -2.12. The number of benzene rings is 2. The van der Waals surface area contributed by atoms with Crippen molar-refractivity contribution in [3.8, 4) is 11.3 Å². The van der Waals surface area contributed by atoms with Crippen molar-refractivity contribution in [3.05, 3.63) is 71.9 Å². The van der Waals surface area contributed by atoms with E-state index in [1.165, 1.54) is 0 Å². The Kier molecular flexibility index (Phi) is 5.61. The van der Waals surface area contributed by atoms with E-state index in [0.717, 1.165) is 17.7 Å². The number of nitrogens with zero attached hydrogens (tertiary/aromatic N) is 2. The van der Waals surface area contributed by atoms with E-state index >= 15 is 0 Å². The SMILES string of the molecule is Cl.Nc1nccc(-c2ccc(NC(=O)c3cc(F)cc(F)c3)cc2)n1. The van der Waals surface area contributed by atoms with Crippen LogP contribution in [0.5, 0.6) is 0 Å². The molecule has 0 fully saturated rings. The number of aromatic nitrogens is 2. The Morgan fingerprint density at radius 3 is 2.24 bits per heavy atom. The molecular weight excluding hydrogens is 350 g/mol. The zero-order valence-corrected chi connectivity index (χ0v) is 13.6. The molecule has 25 heavy (non-hydrogen) atoms. The molecule has 8 heteroatoms. The van der Waals surface area contributed by atoms with Crippen LogP contribution >= 0.6 is 12.4 Å². The quantitative estimate of drug-likeness (QED) is 0.744. The Morgan fingerprint density at radius 1 is 1.00 bits per heavy atom. The molecule has 0 bridgehead atoms. The predicted molar refractivity (Wildman–Crippen MR) is 93.4 cm³/mol. The summed E-state index contributed by atoms with van der Waals surface area (Å²) >= 11 is 0. The molecule has 3 aromatic rings. The van der Waals surface area contributed by atoms with Gasteiger partial charge < -0.3 is 11.1 Å². The van der Waals surface area contributed by atoms with Crippen LogP contribution < -0.4 is 11.1 Å². The molecule has 0 saturated heterocycles. The molecule has 0 aliphatic heterocycles. The number of carbonyl (C=O) groups excluding carboxylic acids is 1. The Bertz CT molecular complexity index is 883. The normalized spacial score (nSPS) is 10.0. The highest BCUT2D eigenvalue weighted by molar-refractivity contribution is 6.04. The minimum absolute atomic E-state index is 0. The number of anilines is 2. The summed E-state index contributed by atoms with van der Waals surface area (Å²) in [4.78, 5) is 20.0. The first-order chi connectivity index (χ1) is 11.5. The van der Waals surface area contributed by atoms with Gasteiger partial charge in [-0.1, -0.05) is 12.1 Å². The lowest BCUT2D eigenvalue weighted by Gasteiger charge is -2.07. The van der Waals surface area contributed by atoms with Crippen molar-refractivity contribution in [2.45, 2.75) is 0 Å². The average molecular weight is 363 g/mol. The number of carbonyl (C=O) groups is 1. The Balaban J connectivity index is 0.00000225. The molecule has 3 rings (SSSR count). The van der Waals surface area contributed by atoms with Gasteiger partial charge in [-0.05, 0) is 30.3 Å². The number of nitrogens with two attached hydrogens (primary N) is 1. The molecule has 128 valence electrons. The van der Waals surface area contributed by atoms with Gasteiger partial charge in [0.2, 0.25) is 5.95 Å². The molecule has 2 aromatic carbocycles. The summed E-state index contributed by atoms with van der Waals surface area (Å²) in [5, 5.41) is 2.57. The van der Waals surface area contributed by atoms with Crippen LogP contribution in [0.4, 0.5) is 20.4 Å². The summed E-state index contributed by atoms with van der Waals surface area (Å²) in [7, 11) is 0. The van der Waals surface area contributed by atoms with E-state index in [1.54, 1.807) is 36.5 Å². The van der Waals surface area contributed by atoms with Crippen LogP contribution in [0.25, 0.3) is 11.3 Å². The largest absolute Gasteiger partial charge is 0.368 e. The van der Waals surface area contributed by atoms with Crippen LogP contribution in [-0.2, 0) is 0 Å². The topological polar surface area (TPSA) is 80.9 Å². The maximum absolute atomic E-state index is 13.2. The van der Waals surface area contributed by atoms with Gasteiger partial charge in [0.05, 0.1) is 5.69 Å². The molecule has 1 amide bonds. The van der Waals surface area contributed by atoms with Gasteiger partial charge in [-0.25, -0.2) is 18.7 Å². The summed E-state index contributed by atoms with van der Waals surface area (Å²) in [6.45, 7) is 0. The number of amides is 1. The maximum atomic E-state index is 13.2. The zero-order chi connectivity index (χ0) is 17.1. The Morgan fingerprint density at radius 2 is 1.64 bits per heavy atom. The fourth-order valence-electron chi connectivity index (χ4n) is 2.15. The van der Waals surface area contributed by atoms with Crippen molar-refractivity contribution in [3.63, 3.8) is 0 Å². The van der Waals surface area contributed by atoms with E-state index < -0.39 is 17.5 Å². The summed E-state index contributed by atoms with van der Waals surface area (Å²) in [6.07, 6.45) is 1.55. The summed E-state index contributed by atoms with van der Waals surface area (Å²) < 4.78 is 26.3. The van der Waals surface area contributed by atoms with E-state index in [0.29, 0.717) is 17.4 Å². The van der Waals surface area contributed by atoms with E-state index in [2.05, 4.69) is 15.3 Å². The smallest absolute Gasteiger partial charge is 0.255 e. The van der Waals surface area contributed by atoms with Crippen molar-refractivity contribution >= 4 is 29.9 Å². The minimum atomic E-state index is -0.808. The van der Waals surface area contributed by atoms with Gasteiger partial charge in [0.25, 0.3) is 5.91 Å². The van der Waals surface area contributed by atoms with Crippen molar-refractivity contribution < 1.29 is 13.6 Å². The van der Waals surface area contributed by atoms with Crippen LogP contribution in [0.1, 0.15) is 10.4 Å². The van der Waals surface area contributed by atoms with Crippen LogP contribution in [-0.4, -0.2) is 15.9 Å². The second kappa shape index (κ2) is 7.67. The Labute approximate surface area is 148 Å². The molecule has 1 heterocycles. The minimum Gasteiger partial charge on any atom is -0.368 e. The fourth-order valence-corrected chi connectivity index (χ4v) is 2.15. The third-order valence-corrected chi connectivity index (χ3v) is 3.24. The third kappa shape index (κ3) is 4.48. The van der Waals surface area contributed by atoms with Crippen LogP contribution in [0.2, 0.25) is 0 Å². The van der Waals surface area contributed by atoms with Crippen LogP contribution in [0.3, 0.4) is 0 Å². The molecule has 0 unspecified atom stereocenters. The molecule has 1 aromatic heterocycles. The molecule has 0 spiro atoms. The van der Waals surface area contributed by atoms with Gasteiger partial charge in [-0.3, -0.25) is 4.79 Å². The number of nitrogen functional groups attached to an aromatic ring is 1. The molecule has 3 N–H and O–H groups in total. The number of halogens is 3. The highest BCUT2D eigenvalue weighted by atomic mass is 35.5. The molecule has 0 aliphatic rings. The summed E-state index contributed by atoms with van der Waals surface area (Å²) in [6, 6.07) is 11.1. The molecule has 0 aliphatic carbocycles. The lowest BCUT2D eigenvalue weighted by atomic mass is 10.1. The van der Waals surface area contributed by atoms with Crippen LogP contribution in [0.15, 0.2) is 54.7 Å². The number of hydrogen-bond acceptors (Lipinski definition) is 4. The number of hydrogen-bond donors (Lipinski definition) is 2. The molecule has 0 radical (unpaired) electrons. The molecule has 0 atom stereocenters. The van der Waals surface area contributed by atoms with Gasteiger partial charge >= 0.3 is 0 Å². The monoisotopic (exact) mass is 362 g/mol. The Hall–Kier alpha value is -3.06. The van der Waals surface area contributed by atoms with Crippen molar-refractivity contribution in [2.75, 3.05) is 11.1 Å². The highest BCUT2D eigenvalue weighted by Gasteiger charge is 2.10. The van der Waals surface area contributed by atoms with Crippen molar-refractivity contribution in [2.24, 2.45) is 0 Å². The van der Waals surface area contributed by atoms with Gasteiger partial charge in [-0.15, -0.1) is 12.4 Å². The first kappa shape index (κ1) is 18.3. The second-order valence-corrected chi connectivity index (χ2v) is 4.99.